The first kappa shape index (κ1) is 17.2. The number of phenols is 1. The molecule has 4 heteroatoms. The van der Waals surface area contributed by atoms with Gasteiger partial charge in [0.25, 0.3) is 0 Å². The summed E-state index contributed by atoms with van der Waals surface area (Å²) in [5.41, 5.74) is 1.04. The highest BCUT2D eigenvalue weighted by atomic mass is 35.5. The summed E-state index contributed by atoms with van der Waals surface area (Å²) in [5.74, 6) is 1.32. The number of ketones is 1. The molecule has 0 amide bonds. The van der Waals surface area contributed by atoms with Crippen LogP contribution in [0, 0.1) is 11.8 Å². The highest BCUT2D eigenvalue weighted by molar-refractivity contribution is 6.35. The Balaban J connectivity index is 1.72. The molecule has 0 unspecified atom stereocenters. The highest BCUT2D eigenvalue weighted by Gasteiger charge is 2.23. The third-order valence-electron chi connectivity index (χ3n) is 5.29. The predicted molar refractivity (Wildman–Crippen MR) is 97.5 cm³/mol. The first-order chi connectivity index (χ1) is 11.6. The van der Waals surface area contributed by atoms with E-state index in [1.807, 2.05) is 6.07 Å². The van der Waals surface area contributed by atoms with E-state index >= 15 is 0 Å². The van der Waals surface area contributed by atoms with Gasteiger partial charge in [0, 0.05) is 30.0 Å². The number of hydrogen-bond acceptors (Lipinski definition) is 3. The van der Waals surface area contributed by atoms with E-state index in [0.29, 0.717) is 39.7 Å². The lowest BCUT2D eigenvalue weighted by Gasteiger charge is -2.27. The van der Waals surface area contributed by atoms with Crippen molar-refractivity contribution in [2.75, 3.05) is 0 Å². The van der Waals surface area contributed by atoms with Gasteiger partial charge in [-0.2, -0.15) is 0 Å². The second kappa shape index (κ2) is 7.52. The molecule has 0 saturated heterocycles. The third-order valence-corrected chi connectivity index (χ3v) is 5.60. The maximum atomic E-state index is 12.5. The molecule has 1 aliphatic carbocycles. The summed E-state index contributed by atoms with van der Waals surface area (Å²) in [7, 11) is 0. The van der Waals surface area contributed by atoms with Gasteiger partial charge in [0.1, 0.15) is 17.0 Å². The van der Waals surface area contributed by atoms with Gasteiger partial charge in [0.2, 0.25) is 0 Å². The van der Waals surface area contributed by atoms with E-state index in [4.69, 9.17) is 11.6 Å². The normalized spacial score (nSPS) is 17.1. The molecule has 128 valence electrons. The van der Waals surface area contributed by atoms with Gasteiger partial charge in [0.05, 0.1) is 5.02 Å². The molecule has 1 fully saturated rings. The van der Waals surface area contributed by atoms with Crippen molar-refractivity contribution in [3.8, 4) is 5.75 Å². The molecular weight excluding hydrogens is 322 g/mol. The summed E-state index contributed by atoms with van der Waals surface area (Å²) in [5, 5.41) is 11.7. The largest absolute Gasteiger partial charge is 0.505 e. The van der Waals surface area contributed by atoms with E-state index in [1.54, 1.807) is 18.3 Å². The van der Waals surface area contributed by atoms with Crippen molar-refractivity contribution in [2.45, 2.75) is 51.9 Å². The van der Waals surface area contributed by atoms with Crippen molar-refractivity contribution >= 4 is 28.3 Å². The zero-order valence-electron chi connectivity index (χ0n) is 14.1. The molecule has 24 heavy (non-hydrogen) atoms. The summed E-state index contributed by atoms with van der Waals surface area (Å²) in [6, 6.07) is 5.30. The predicted octanol–water partition coefficient (Wildman–Crippen LogP) is 5.31. The zero-order valence-corrected chi connectivity index (χ0v) is 14.9. The minimum Gasteiger partial charge on any atom is -0.505 e. The molecule has 1 saturated carbocycles. The first-order valence-corrected chi connectivity index (χ1v) is 9.21. The van der Waals surface area contributed by atoms with Crippen molar-refractivity contribution in [1.29, 1.82) is 0 Å². The van der Waals surface area contributed by atoms with E-state index in [0.717, 1.165) is 0 Å². The van der Waals surface area contributed by atoms with Crippen LogP contribution < -0.4 is 0 Å². The van der Waals surface area contributed by atoms with E-state index in [-0.39, 0.29) is 18.0 Å². The minimum absolute atomic E-state index is 0.0775. The lowest BCUT2D eigenvalue weighted by molar-refractivity contribution is -0.119. The summed E-state index contributed by atoms with van der Waals surface area (Å²) in [4.78, 5) is 16.7. The van der Waals surface area contributed by atoms with Crippen LogP contribution in [0.25, 0.3) is 10.9 Å². The fourth-order valence-electron chi connectivity index (χ4n) is 3.89. The van der Waals surface area contributed by atoms with Gasteiger partial charge in [-0.3, -0.25) is 9.78 Å². The van der Waals surface area contributed by atoms with Crippen molar-refractivity contribution in [3.63, 3.8) is 0 Å². The summed E-state index contributed by atoms with van der Waals surface area (Å²) < 4.78 is 0. The summed E-state index contributed by atoms with van der Waals surface area (Å²) >= 11 is 6.28. The Morgan fingerprint density at radius 1 is 1.38 bits per heavy atom. The average molecular weight is 346 g/mol. The molecule has 1 aromatic carbocycles. The lowest BCUT2D eigenvalue weighted by atomic mass is 9.78. The second-order valence-corrected chi connectivity index (χ2v) is 7.47. The Kier molecular flexibility index (Phi) is 5.40. The number of pyridine rings is 1. The van der Waals surface area contributed by atoms with Gasteiger partial charge in [-0.15, -0.1) is 0 Å². The number of benzene rings is 1. The molecule has 2 aromatic rings. The van der Waals surface area contributed by atoms with E-state index in [9.17, 15) is 9.90 Å². The highest BCUT2D eigenvalue weighted by Crippen LogP contribution is 2.35. The topological polar surface area (TPSA) is 50.2 Å². The SMILES string of the molecule is C[C@H](CC(=O)Cc1cc(Cl)c2cccnc2c1O)C1CCCCC1. The number of carbonyl (C=O) groups excluding carboxylic acids is 1. The number of nitrogens with zero attached hydrogens (tertiary/aromatic N) is 1. The Labute approximate surface area is 148 Å². The number of aromatic hydroxyl groups is 1. The number of phenolic OH excluding ortho intramolecular Hbond substituents is 1. The quantitative estimate of drug-likeness (QED) is 0.798. The molecule has 1 atom stereocenters. The van der Waals surface area contributed by atoms with Crippen LogP contribution in [0.2, 0.25) is 5.02 Å². The van der Waals surface area contributed by atoms with Gasteiger partial charge < -0.3 is 5.11 Å². The van der Waals surface area contributed by atoms with Crippen LogP contribution in [-0.2, 0) is 11.2 Å². The third kappa shape index (κ3) is 3.72. The number of halogens is 1. The van der Waals surface area contributed by atoms with Crippen LogP contribution in [-0.4, -0.2) is 15.9 Å². The van der Waals surface area contributed by atoms with Gasteiger partial charge in [-0.05, 0) is 30.0 Å². The van der Waals surface area contributed by atoms with Gasteiger partial charge in [0.15, 0.2) is 0 Å². The fraction of sp³-hybridized carbons (Fsp3) is 0.500. The molecule has 0 bridgehead atoms. The van der Waals surface area contributed by atoms with Crippen LogP contribution in [0.4, 0.5) is 0 Å². The molecule has 0 aliphatic heterocycles. The number of aromatic nitrogens is 1. The number of Topliss-reactive ketones (excluding diaryl/α,β-unsaturated/α-hetero) is 1. The Hall–Kier alpha value is -1.61. The number of fused-ring (bicyclic) bond motifs is 1. The van der Waals surface area contributed by atoms with Crippen LogP contribution in [0.1, 0.15) is 51.0 Å². The van der Waals surface area contributed by atoms with Crippen LogP contribution in [0.5, 0.6) is 5.75 Å². The number of carbonyl (C=O) groups is 1. The zero-order chi connectivity index (χ0) is 17.1. The Bertz CT molecular complexity index is 738. The standard InChI is InChI=1S/C20H24ClNO2/c1-13(14-6-3-2-4-7-14)10-16(23)11-15-12-18(21)17-8-5-9-22-19(17)20(15)24/h5,8-9,12-14,24H,2-4,6-7,10-11H2,1H3/t13-/m1/s1. The summed E-state index contributed by atoms with van der Waals surface area (Å²) in [6.07, 6.45) is 8.79. The van der Waals surface area contributed by atoms with Gasteiger partial charge in [-0.25, -0.2) is 0 Å². The Morgan fingerprint density at radius 3 is 2.88 bits per heavy atom. The monoisotopic (exact) mass is 345 g/mol. The maximum absolute atomic E-state index is 12.5. The second-order valence-electron chi connectivity index (χ2n) is 7.06. The smallest absolute Gasteiger partial charge is 0.145 e. The van der Waals surface area contributed by atoms with E-state index in [1.165, 1.54) is 32.1 Å². The van der Waals surface area contributed by atoms with Crippen LogP contribution in [0.15, 0.2) is 24.4 Å². The van der Waals surface area contributed by atoms with E-state index < -0.39 is 0 Å². The van der Waals surface area contributed by atoms with Crippen molar-refractivity contribution in [1.82, 2.24) is 4.98 Å². The Morgan fingerprint density at radius 2 is 2.12 bits per heavy atom. The van der Waals surface area contributed by atoms with Crippen molar-refractivity contribution < 1.29 is 9.90 Å². The molecule has 3 nitrogen and oxygen atoms in total. The summed E-state index contributed by atoms with van der Waals surface area (Å²) in [6.45, 7) is 2.18. The number of hydrogen-bond donors (Lipinski definition) is 1. The minimum atomic E-state index is 0.0775. The molecule has 1 aliphatic rings. The molecule has 0 radical (unpaired) electrons. The van der Waals surface area contributed by atoms with Gasteiger partial charge in [-0.1, -0.05) is 50.6 Å². The van der Waals surface area contributed by atoms with E-state index in [2.05, 4.69) is 11.9 Å². The maximum Gasteiger partial charge on any atom is 0.145 e. The molecule has 0 spiro atoms. The molecule has 1 heterocycles. The average Bonchev–Trinajstić information content (AvgIpc) is 2.60. The fourth-order valence-corrected chi connectivity index (χ4v) is 4.17. The molecule has 1 aromatic heterocycles. The van der Waals surface area contributed by atoms with Crippen molar-refractivity contribution in [2.24, 2.45) is 11.8 Å². The van der Waals surface area contributed by atoms with Crippen LogP contribution >= 0.6 is 11.6 Å². The lowest BCUT2D eigenvalue weighted by Crippen LogP contribution is -2.19. The van der Waals surface area contributed by atoms with Crippen molar-refractivity contribution in [3.05, 3.63) is 35.0 Å². The molecular formula is C20H24ClNO2. The molecule has 1 N–H and O–H groups in total. The first-order valence-electron chi connectivity index (χ1n) is 8.83. The number of rotatable bonds is 5. The van der Waals surface area contributed by atoms with Gasteiger partial charge >= 0.3 is 0 Å². The van der Waals surface area contributed by atoms with Crippen LogP contribution in [0.3, 0.4) is 0 Å². The molecule has 3 rings (SSSR count).